The van der Waals surface area contributed by atoms with Crippen LogP contribution in [0.15, 0.2) is 42.5 Å². The lowest BCUT2D eigenvalue weighted by atomic mass is 9.93. The number of para-hydroxylation sites is 1. The Morgan fingerprint density at radius 1 is 1.09 bits per heavy atom. The summed E-state index contributed by atoms with van der Waals surface area (Å²) in [5, 5.41) is 8.26. The van der Waals surface area contributed by atoms with Gasteiger partial charge < -0.3 is 10.6 Å². The van der Waals surface area contributed by atoms with Gasteiger partial charge in [-0.1, -0.05) is 18.2 Å². The molecule has 0 unspecified atom stereocenters. The number of piperidine rings is 1. The molecular formula is C17H19N5. The minimum absolute atomic E-state index is 0.515. The van der Waals surface area contributed by atoms with E-state index in [1.165, 1.54) is 5.39 Å². The number of hydrogen-bond donors (Lipinski definition) is 2. The summed E-state index contributed by atoms with van der Waals surface area (Å²) in [7, 11) is 0. The van der Waals surface area contributed by atoms with Crippen LogP contribution in [0.4, 0.5) is 11.6 Å². The van der Waals surface area contributed by atoms with Gasteiger partial charge in [-0.3, -0.25) is 5.10 Å². The predicted octanol–water partition coefficient (Wildman–Crippen LogP) is 2.92. The zero-order chi connectivity index (χ0) is 14.9. The predicted molar refractivity (Wildman–Crippen MR) is 88.9 cm³/mol. The number of nitrogens with two attached hydrogens (primary N) is 1. The second-order valence-corrected chi connectivity index (χ2v) is 5.87. The molecule has 2 aromatic heterocycles. The second-order valence-electron chi connectivity index (χ2n) is 5.87. The number of nitrogens with one attached hydrogen (secondary N) is 1. The van der Waals surface area contributed by atoms with E-state index in [4.69, 9.17) is 10.7 Å². The van der Waals surface area contributed by atoms with Gasteiger partial charge in [0.05, 0.1) is 5.52 Å². The Kier molecular flexibility index (Phi) is 3.18. The summed E-state index contributed by atoms with van der Waals surface area (Å²) < 4.78 is 0. The van der Waals surface area contributed by atoms with Gasteiger partial charge >= 0.3 is 0 Å². The Labute approximate surface area is 129 Å². The summed E-state index contributed by atoms with van der Waals surface area (Å²) in [6, 6.07) is 14.5. The smallest absolute Gasteiger partial charge is 0.145 e. The highest BCUT2D eigenvalue weighted by molar-refractivity contribution is 5.80. The molecule has 0 aliphatic carbocycles. The second kappa shape index (κ2) is 5.33. The molecule has 0 amide bonds. The first-order valence-electron chi connectivity index (χ1n) is 7.71. The van der Waals surface area contributed by atoms with E-state index in [0.717, 1.165) is 43.0 Å². The van der Waals surface area contributed by atoms with Crippen molar-refractivity contribution in [3.8, 4) is 0 Å². The van der Waals surface area contributed by atoms with Crippen molar-refractivity contribution in [2.45, 2.75) is 18.8 Å². The SMILES string of the molecule is Nc1cc(C2CCN(c3ccc4ccccc4n3)CC2)[nH]n1. The number of benzene rings is 1. The van der Waals surface area contributed by atoms with Crippen molar-refractivity contribution in [2.24, 2.45) is 0 Å². The van der Waals surface area contributed by atoms with Gasteiger partial charge in [-0.15, -0.1) is 0 Å². The van der Waals surface area contributed by atoms with E-state index >= 15 is 0 Å². The average molecular weight is 293 g/mol. The van der Waals surface area contributed by atoms with E-state index in [1.54, 1.807) is 0 Å². The monoisotopic (exact) mass is 293 g/mol. The number of anilines is 2. The van der Waals surface area contributed by atoms with Crippen molar-refractivity contribution in [1.29, 1.82) is 0 Å². The van der Waals surface area contributed by atoms with Gasteiger partial charge in [0.1, 0.15) is 11.6 Å². The normalized spacial score (nSPS) is 16.3. The lowest BCUT2D eigenvalue weighted by Crippen LogP contribution is -2.33. The Hall–Kier alpha value is -2.56. The van der Waals surface area contributed by atoms with E-state index < -0.39 is 0 Å². The van der Waals surface area contributed by atoms with Crippen LogP contribution in [-0.2, 0) is 0 Å². The molecule has 22 heavy (non-hydrogen) atoms. The van der Waals surface area contributed by atoms with Crippen LogP contribution in [0.2, 0.25) is 0 Å². The molecule has 1 aliphatic heterocycles. The maximum absolute atomic E-state index is 5.69. The molecule has 1 fully saturated rings. The highest BCUT2D eigenvalue weighted by Gasteiger charge is 2.22. The van der Waals surface area contributed by atoms with Crippen molar-refractivity contribution < 1.29 is 0 Å². The molecule has 5 nitrogen and oxygen atoms in total. The van der Waals surface area contributed by atoms with Crippen LogP contribution >= 0.6 is 0 Å². The molecule has 1 aromatic carbocycles. The van der Waals surface area contributed by atoms with Gasteiger partial charge in [-0.2, -0.15) is 5.10 Å². The number of nitrogens with zero attached hydrogens (tertiary/aromatic N) is 3. The minimum Gasteiger partial charge on any atom is -0.382 e. The highest BCUT2D eigenvalue weighted by Crippen LogP contribution is 2.30. The summed E-state index contributed by atoms with van der Waals surface area (Å²) in [5.74, 6) is 2.16. The van der Waals surface area contributed by atoms with Crippen molar-refractivity contribution in [3.63, 3.8) is 0 Å². The van der Waals surface area contributed by atoms with Gasteiger partial charge in [0.25, 0.3) is 0 Å². The molecule has 0 radical (unpaired) electrons. The van der Waals surface area contributed by atoms with Crippen molar-refractivity contribution in [1.82, 2.24) is 15.2 Å². The van der Waals surface area contributed by atoms with Crippen LogP contribution in [0.3, 0.4) is 0 Å². The quantitative estimate of drug-likeness (QED) is 0.762. The lowest BCUT2D eigenvalue weighted by Gasteiger charge is -2.32. The first-order valence-corrected chi connectivity index (χ1v) is 7.71. The number of H-pyrrole nitrogens is 1. The summed E-state index contributed by atoms with van der Waals surface area (Å²) in [5.41, 5.74) is 7.91. The number of rotatable bonds is 2. The fourth-order valence-electron chi connectivity index (χ4n) is 3.21. The molecule has 3 N–H and O–H groups in total. The summed E-state index contributed by atoms with van der Waals surface area (Å²) in [6.07, 6.45) is 2.19. The largest absolute Gasteiger partial charge is 0.382 e. The van der Waals surface area contributed by atoms with Crippen LogP contribution in [0, 0.1) is 0 Å². The zero-order valence-corrected chi connectivity index (χ0v) is 12.4. The first kappa shape index (κ1) is 13.1. The van der Waals surface area contributed by atoms with Crippen LogP contribution in [0.25, 0.3) is 10.9 Å². The molecular weight excluding hydrogens is 274 g/mol. The molecule has 3 heterocycles. The Balaban J connectivity index is 1.50. The number of nitrogen functional groups attached to an aromatic ring is 1. The van der Waals surface area contributed by atoms with Crippen LogP contribution in [-0.4, -0.2) is 28.3 Å². The van der Waals surface area contributed by atoms with E-state index in [0.29, 0.717) is 11.7 Å². The molecule has 0 atom stereocenters. The topological polar surface area (TPSA) is 70.8 Å². The van der Waals surface area contributed by atoms with Crippen molar-refractivity contribution >= 4 is 22.5 Å². The van der Waals surface area contributed by atoms with Crippen LogP contribution < -0.4 is 10.6 Å². The van der Waals surface area contributed by atoms with Crippen LogP contribution in [0.1, 0.15) is 24.5 Å². The van der Waals surface area contributed by atoms with E-state index in [-0.39, 0.29) is 0 Å². The fourth-order valence-corrected chi connectivity index (χ4v) is 3.21. The molecule has 0 bridgehead atoms. The van der Waals surface area contributed by atoms with Gasteiger partial charge in [0.15, 0.2) is 0 Å². The maximum Gasteiger partial charge on any atom is 0.145 e. The molecule has 1 aliphatic rings. The zero-order valence-electron chi connectivity index (χ0n) is 12.4. The Morgan fingerprint density at radius 3 is 2.68 bits per heavy atom. The number of aromatic nitrogens is 3. The summed E-state index contributed by atoms with van der Waals surface area (Å²) >= 11 is 0. The molecule has 5 heteroatoms. The molecule has 1 saturated heterocycles. The lowest BCUT2D eigenvalue weighted by molar-refractivity contribution is 0.493. The Bertz CT molecular complexity index is 786. The van der Waals surface area contributed by atoms with Gasteiger partial charge in [-0.25, -0.2) is 4.98 Å². The number of hydrogen-bond acceptors (Lipinski definition) is 4. The third kappa shape index (κ3) is 2.39. The van der Waals surface area contributed by atoms with E-state index in [2.05, 4.69) is 39.4 Å². The summed E-state index contributed by atoms with van der Waals surface area (Å²) in [4.78, 5) is 7.15. The molecule has 112 valence electrons. The average Bonchev–Trinajstić information content (AvgIpc) is 3.01. The van der Waals surface area contributed by atoms with Crippen molar-refractivity contribution in [3.05, 3.63) is 48.2 Å². The first-order chi connectivity index (χ1) is 10.8. The standard InChI is InChI=1S/C17H19N5/c18-16-11-15(20-21-16)13-7-9-22(10-8-13)17-6-5-12-3-1-2-4-14(12)19-17/h1-6,11,13H,7-10H2,(H3,18,20,21). The number of fused-ring (bicyclic) bond motifs is 1. The van der Waals surface area contributed by atoms with Gasteiger partial charge in [-0.05, 0) is 31.0 Å². The molecule has 4 rings (SSSR count). The summed E-state index contributed by atoms with van der Waals surface area (Å²) in [6.45, 7) is 2.02. The molecule has 0 spiro atoms. The van der Waals surface area contributed by atoms with Gasteiger partial charge in [0, 0.05) is 36.2 Å². The van der Waals surface area contributed by atoms with Crippen molar-refractivity contribution in [2.75, 3.05) is 23.7 Å². The van der Waals surface area contributed by atoms with Gasteiger partial charge in [0.2, 0.25) is 0 Å². The molecule has 3 aromatic rings. The van der Waals surface area contributed by atoms with E-state index in [9.17, 15) is 0 Å². The highest BCUT2D eigenvalue weighted by atomic mass is 15.2. The maximum atomic E-state index is 5.69. The fraction of sp³-hybridized carbons (Fsp3) is 0.294. The van der Waals surface area contributed by atoms with E-state index in [1.807, 2.05) is 18.2 Å². The molecule has 0 saturated carbocycles. The number of pyridine rings is 1. The third-order valence-electron chi connectivity index (χ3n) is 4.46. The Morgan fingerprint density at radius 2 is 1.91 bits per heavy atom. The third-order valence-corrected chi connectivity index (χ3v) is 4.46. The number of aromatic amines is 1. The minimum atomic E-state index is 0.515. The van der Waals surface area contributed by atoms with Crippen LogP contribution in [0.5, 0.6) is 0 Å².